The van der Waals surface area contributed by atoms with Crippen molar-refractivity contribution in [3.63, 3.8) is 0 Å². The van der Waals surface area contributed by atoms with Gasteiger partial charge in [-0.25, -0.2) is 14.1 Å². The lowest BCUT2D eigenvalue weighted by atomic mass is 10.2. The van der Waals surface area contributed by atoms with Crippen molar-refractivity contribution in [2.45, 2.75) is 32.2 Å². The van der Waals surface area contributed by atoms with Gasteiger partial charge in [-0.2, -0.15) is 5.10 Å². The van der Waals surface area contributed by atoms with Crippen molar-refractivity contribution in [2.75, 3.05) is 0 Å². The van der Waals surface area contributed by atoms with Gasteiger partial charge in [0.05, 0.1) is 11.7 Å². The lowest BCUT2D eigenvalue weighted by molar-refractivity contribution is 0.0931. The van der Waals surface area contributed by atoms with Crippen molar-refractivity contribution >= 4 is 5.91 Å². The number of hydrogen-bond acceptors (Lipinski definition) is 3. The van der Waals surface area contributed by atoms with Crippen LogP contribution < -0.4 is 5.32 Å². The topological polar surface area (TPSA) is 64.7 Å². The maximum absolute atomic E-state index is 13.3. The summed E-state index contributed by atoms with van der Waals surface area (Å²) >= 11 is 0. The first-order valence-corrected chi connectivity index (χ1v) is 10.4. The number of hydrogen-bond donors (Lipinski definition) is 1. The standard InChI is InChI=1S/C24H22FN5O/c1-16(23-26-14-15-29(23)18-6-3-2-4-7-18)27-24(31)22-20-8-5-9-21(20)30(28-22)19-12-10-17(25)11-13-19/h2-4,6-7,10-16H,5,8-9H2,1H3,(H,27,31). The summed E-state index contributed by atoms with van der Waals surface area (Å²) in [7, 11) is 0. The molecule has 2 heterocycles. The number of carbonyl (C=O) groups is 1. The molecule has 0 radical (unpaired) electrons. The second kappa shape index (κ2) is 7.83. The quantitative estimate of drug-likeness (QED) is 0.532. The fourth-order valence-electron chi connectivity index (χ4n) is 4.19. The van der Waals surface area contributed by atoms with Gasteiger partial charge in [0.15, 0.2) is 5.69 Å². The third kappa shape index (κ3) is 3.52. The highest BCUT2D eigenvalue weighted by atomic mass is 19.1. The Bertz CT molecular complexity index is 1230. The molecule has 31 heavy (non-hydrogen) atoms. The zero-order valence-electron chi connectivity index (χ0n) is 17.1. The number of para-hydroxylation sites is 1. The molecule has 0 saturated carbocycles. The van der Waals surface area contributed by atoms with Crippen LogP contribution >= 0.6 is 0 Å². The minimum atomic E-state index is -0.310. The highest BCUT2D eigenvalue weighted by Crippen LogP contribution is 2.28. The van der Waals surface area contributed by atoms with Crippen LogP contribution in [0.3, 0.4) is 0 Å². The molecule has 0 spiro atoms. The van der Waals surface area contributed by atoms with Gasteiger partial charge in [-0.15, -0.1) is 0 Å². The molecule has 0 fully saturated rings. The van der Waals surface area contributed by atoms with E-state index >= 15 is 0 Å². The fraction of sp³-hybridized carbons (Fsp3) is 0.208. The molecule has 1 atom stereocenters. The van der Waals surface area contributed by atoms with Gasteiger partial charge in [-0.1, -0.05) is 18.2 Å². The highest BCUT2D eigenvalue weighted by molar-refractivity contribution is 5.94. The molecule has 1 unspecified atom stereocenters. The zero-order valence-corrected chi connectivity index (χ0v) is 17.1. The molecule has 6 nitrogen and oxygen atoms in total. The minimum Gasteiger partial charge on any atom is -0.341 e. The van der Waals surface area contributed by atoms with Crippen LogP contribution in [0.5, 0.6) is 0 Å². The average Bonchev–Trinajstić information content (AvgIpc) is 3.51. The molecule has 5 rings (SSSR count). The summed E-state index contributed by atoms with van der Waals surface area (Å²) in [4.78, 5) is 17.6. The lowest BCUT2D eigenvalue weighted by Gasteiger charge is -2.15. The number of halogens is 1. The van der Waals surface area contributed by atoms with Gasteiger partial charge in [0.25, 0.3) is 5.91 Å². The smallest absolute Gasteiger partial charge is 0.272 e. The number of aromatic nitrogens is 4. The van der Waals surface area contributed by atoms with Gasteiger partial charge in [-0.05, 0) is 62.6 Å². The molecular formula is C24H22FN5O. The van der Waals surface area contributed by atoms with Gasteiger partial charge in [0, 0.05) is 29.3 Å². The Morgan fingerprint density at radius 2 is 1.84 bits per heavy atom. The van der Waals surface area contributed by atoms with Crippen molar-refractivity contribution in [3.05, 3.63) is 95.6 Å². The first-order valence-electron chi connectivity index (χ1n) is 10.4. The maximum Gasteiger partial charge on any atom is 0.272 e. The normalized spacial score (nSPS) is 13.7. The van der Waals surface area contributed by atoms with E-state index < -0.39 is 0 Å². The SMILES string of the molecule is CC(NC(=O)c1nn(-c2ccc(F)cc2)c2c1CCC2)c1nccn1-c1ccccc1. The van der Waals surface area contributed by atoms with Crippen LogP contribution in [-0.4, -0.2) is 25.2 Å². The lowest BCUT2D eigenvalue weighted by Crippen LogP contribution is -2.29. The number of benzene rings is 2. The second-order valence-corrected chi connectivity index (χ2v) is 7.70. The number of amides is 1. The largest absolute Gasteiger partial charge is 0.341 e. The number of nitrogens with zero attached hydrogens (tertiary/aromatic N) is 4. The van der Waals surface area contributed by atoms with E-state index in [1.165, 1.54) is 12.1 Å². The number of carbonyl (C=O) groups excluding carboxylic acids is 1. The number of fused-ring (bicyclic) bond motifs is 1. The van der Waals surface area contributed by atoms with Crippen LogP contribution in [0.2, 0.25) is 0 Å². The summed E-state index contributed by atoms with van der Waals surface area (Å²) in [6, 6.07) is 15.8. The Morgan fingerprint density at radius 1 is 1.06 bits per heavy atom. The Balaban J connectivity index is 1.43. The molecule has 0 saturated heterocycles. The summed E-state index contributed by atoms with van der Waals surface area (Å²) in [5.41, 5.74) is 4.17. The molecular weight excluding hydrogens is 393 g/mol. The van der Waals surface area contributed by atoms with E-state index in [1.54, 1.807) is 23.0 Å². The van der Waals surface area contributed by atoms with Crippen molar-refractivity contribution in [3.8, 4) is 11.4 Å². The summed E-state index contributed by atoms with van der Waals surface area (Å²) in [6.45, 7) is 1.91. The summed E-state index contributed by atoms with van der Waals surface area (Å²) in [6.07, 6.45) is 6.25. The van der Waals surface area contributed by atoms with Gasteiger partial charge >= 0.3 is 0 Å². The van der Waals surface area contributed by atoms with E-state index in [1.807, 2.05) is 48.0 Å². The van der Waals surface area contributed by atoms with E-state index in [-0.39, 0.29) is 17.8 Å². The van der Waals surface area contributed by atoms with Gasteiger partial charge in [-0.3, -0.25) is 4.79 Å². The van der Waals surface area contributed by atoms with Gasteiger partial charge in [0.1, 0.15) is 11.6 Å². The van der Waals surface area contributed by atoms with E-state index in [0.29, 0.717) is 5.69 Å². The molecule has 0 aliphatic heterocycles. The van der Waals surface area contributed by atoms with Crippen molar-refractivity contribution in [1.82, 2.24) is 24.6 Å². The Hall–Kier alpha value is -3.74. The molecule has 156 valence electrons. The molecule has 2 aromatic carbocycles. The second-order valence-electron chi connectivity index (χ2n) is 7.70. The fourth-order valence-corrected chi connectivity index (χ4v) is 4.19. The van der Waals surface area contributed by atoms with Crippen LogP contribution in [0.4, 0.5) is 4.39 Å². The predicted molar refractivity (Wildman–Crippen MR) is 115 cm³/mol. The molecule has 2 aromatic heterocycles. The molecule has 1 aliphatic carbocycles. The first-order chi connectivity index (χ1) is 15.1. The van der Waals surface area contributed by atoms with Crippen LogP contribution in [0.25, 0.3) is 11.4 Å². The highest BCUT2D eigenvalue weighted by Gasteiger charge is 2.28. The number of nitrogens with one attached hydrogen (secondary N) is 1. The van der Waals surface area contributed by atoms with E-state index in [9.17, 15) is 9.18 Å². The van der Waals surface area contributed by atoms with Gasteiger partial charge in [0.2, 0.25) is 0 Å². The van der Waals surface area contributed by atoms with E-state index in [0.717, 1.165) is 47.7 Å². The number of rotatable bonds is 5. The molecule has 1 amide bonds. The molecule has 0 bridgehead atoms. The zero-order chi connectivity index (χ0) is 21.4. The summed E-state index contributed by atoms with van der Waals surface area (Å²) in [5.74, 6) is 0.219. The molecule has 1 aliphatic rings. The first kappa shape index (κ1) is 19.2. The Kier molecular flexibility index (Phi) is 4.86. The summed E-state index contributed by atoms with van der Waals surface area (Å²) in [5, 5.41) is 7.66. The molecule has 1 N–H and O–H groups in total. The van der Waals surface area contributed by atoms with Crippen molar-refractivity contribution in [2.24, 2.45) is 0 Å². The van der Waals surface area contributed by atoms with Crippen molar-refractivity contribution < 1.29 is 9.18 Å². The molecule has 4 aromatic rings. The third-order valence-electron chi connectivity index (χ3n) is 5.66. The molecule has 7 heteroatoms. The third-order valence-corrected chi connectivity index (χ3v) is 5.66. The van der Waals surface area contributed by atoms with Gasteiger partial charge < -0.3 is 9.88 Å². The summed E-state index contributed by atoms with van der Waals surface area (Å²) < 4.78 is 17.1. The Labute approximate surface area is 179 Å². The van der Waals surface area contributed by atoms with Crippen molar-refractivity contribution in [1.29, 1.82) is 0 Å². The number of imidazole rings is 1. The van der Waals surface area contributed by atoms with Crippen LogP contribution in [0, 0.1) is 5.82 Å². The van der Waals surface area contributed by atoms with Crippen LogP contribution in [-0.2, 0) is 12.8 Å². The predicted octanol–water partition coefficient (Wildman–Crippen LogP) is 4.18. The monoisotopic (exact) mass is 415 g/mol. The van der Waals surface area contributed by atoms with Crippen LogP contribution in [0.15, 0.2) is 67.0 Å². The minimum absolute atomic E-state index is 0.228. The maximum atomic E-state index is 13.3. The van der Waals surface area contributed by atoms with E-state index in [4.69, 9.17) is 0 Å². The Morgan fingerprint density at radius 3 is 2.61 bits per heavy atom. The average molecular weight is 415 g/mol. The van der Waals surface area contributed by atoms with E-state index in [2.05, 4.69) is 15.4 Å². The van der Waals surface area contributed by atoms with Crippen LogP contribution in [0.1, 0.15) is 47.0 Å².